The zero-order chi connectivity index (χ0) is 10.7. The Morgan fingerprint density at radius 3 is 3.07 bits per heavy atom. The van der Waals surface area contributed by atoms with Crippen molar-refractivity contribution in [3.05, 3.63) is 24.2 Å². The highest BCUT2D eigenvalue weighted by molar-refractivity contribution is 5.93. The summed E-state index contributed by atoms with van der Waals surface area (Å²) in [6.07, 6.45) is 4.84. The summed E-state index contributed by atoms with van der Waals surface area (Å²) in [4.78, 5) is 11.6. The molecule has 1 N–H and O–H groups in total. The van der Waals surface area contributed by atoms with Gasteiger partial charge < -0.3 is 9.73 Å². The van der Waals surface area contributed by atoms with Crippen molar-refractivity contribution >= 4 is 5.91 Å². The fourth-order valence-corrected chi connectivity index (χ4v) is 1.92. The van der Waals surface area contributed by atoms with Crippen LogP contribution in [0.1, 0.15) is 36.0 Å². The number of alkyl halides is 1. The number of carbonyl (C=O) groups excluding carboxylic acids is 1. The van der Waals surface area contributed by atoms with Gasteiger partial charge in [0, 0.05) is 6.04 Å². The molecule has 15 heavy (non-hydrogen) atoms. The van der Waals surface area contributed by atoms with E-state index in [-0.39, 0.29) is 11.9 Å². The van der Waals surface area contributed by atoms with E-state index in [0.29, 0.717) is 18.4 Å². The molecule has 82 valence electrons. The summed E-state index contributed by atoms with van der Waals surface area (Å²) in [6, 6.07) is 1.57. The monoisotopic (exact) mass is 211 g/mol. The lowest BCUT2D eigenvalue weighted by atomic mass is 9.94. The van der Waals surface area contributed by atoms with E-state index in [4.69, 9.17) is 4.42 Å². The molecule has 1 aliphatic rings. The number of carbonyl (C=O) groups is 1. The molecule has 0 aliphatic heterocycles. The van der Waals surface area contributed by atoms with Crippen LogP contribution in [0, 0.1) is 0 Å². The third-order valence-corrected chi connectivity index (χ3v) is 2.73. The lowest BCUT2D eigenvalue weighted by Crippen LogP contribution is -2.38. The smallest absolute Gasteiger partial charge is 0.254 e. The molecule has 0 saturated heterocycles. The average Bonchev–Trinajstić information content (AvgIpc) is 2.70. The molecule has 0 radical (unpaired) electrons. The van der Waals surface area contributed by atoms with Crippen molar-refractivity contribution in [2.24, 2.45) is 0 Å². The normalized spacial score (nSPS) is 26.2. The van der Waals surface area contributed by atoms with E-state index in [1.165, 1.54) is 12.5 Å². The topological polar surface area (TPSA) is 42.2 Å². The molecule has 3 nitrogen and oxygen atoms in total. The third-order valence-electron chi connectivity index (χ3n) is 2.73. The summed E-state index contributed by atoms with van der Waals surface area (Å²) in [5.41, 5.74) is 0.496. The van der Waals surface area contributed by atoms with Crippen LogP contribution in [0.25, 0.3) is 0 Å². The van der Waals surface area contributed by atoms with Gasteiger partial charge >= 0.3 is 0 Å². The molecule has 0 bridgehead atoms. The van der Waals surface area contributed by atoms with E-state index >= 15 is 0 Å². The van der Waals surface area contributed by atoms with Gasteiger partial charge in [0.1, 0.15) is 12.4 Å². The van der Waals surface area contributed by atoms with Crippen LogP contribution in [0.15, 0.2) is 23.0 Å². The van der Waals surface area contributed by atoms with Crippen molar-refractivity contribution in [1.29, 1.82) is 0 Å². The summed E-state index contributed by atoms with van der Waals surface area (Å²) < 4.78 is 17.9. The largest absolute Gasteiger partial charge is 0.472 e. The second-order valence-electron chi connectivity index (χ2n) is 3.95. The number of rotatable bonds is 2. The maximum Gasteiger partial charge on any atom is 0.254 e. The molecule has 0 unspecified atom stereocenters. The van der Waals surface area contributed by atoms with Crippen LogP contribution in [0.3, 0.4) is 0 Å². The fraction of sp³-hybridized carbons (Fsp3) is 0.545. The van der Waals surface area contributed by atoms with Crippen LogP contribution < -0.4 is 5.32 Å². The Morgan fingerprint density at radius 2 is 2.40 bits per heavy atom. The number of hydrogen-bond acceptors (Lipinski definition) is 2. The average molecular weight is 211 g/mol. The predicted molar refractivity (Wildman–Crippen MR) is 53.3 cm³/mol. The molecule has 0 aromatic carbocycles. The minimum atomic E-state index is -0.770. The molecule has 1 aromatic rings. The van der Waals surface area contributed by atoms with Gasteiger partial charge in [0.2, 0.25) is 0 Å². The maximum absolute atomic E-state index is 13.1. The molecule has 0 spiro atoms. The summed E-state index contributed by atoms with van der Waals surface area (Å²) in [5.74, 6) is -0.178. The van der Waals surface area contributed by atoms with E-state index in [9.17, 15) is 9.18 Å². The fourth-order valence-electron chi connectivity index (χ4n) is 1.92. The second-order valence-corrected chi connectivity index (χ2v) is 3.95. The first-order valence-electron chi connectivity index (χ1n) is 5.23. The molecule has 1 aliphatic carbocycles. The molecule has 2 rings (SSSR count). The summed E-state index contributed by atoms with van der Waals surface area (Å²) >= 11 is 0. The molecule has 1 amide bonds. The second kappa shape index (κ2) is 4.47. The lowest BCUT2D eigenvalue weighted by Gasteiger charge is -2.25. The first-order chi connectivity index (χ1) is 7.25. The van der Waals surface area contributed by atoms with Crippen LogP contribution in [-0.2, 0) is 0 Å². The molecular weight excluding hydrogens is 197 g/mol. The number of halogens is 1. The van der Waals surface area contributed by atoms with Gasteiger partial charge in [0.15, 0.2) is 0 Å². The zero-order valence-electron chi connectivity index (χ0n) is 8.41. The van der Waals surface area contributed by atoms with Gasteiger partial charge in [-0.2, -0.15) is 0 Å². The highest BCUT2D eigenvalue weighted by Gasteiger charge is 2.23. The molecule has 1 heterocycles. The van der Waals surface area contributed by atoms with Gasteiger partial charge in [-0.3, -0.25) is 4.79 Å². The minimum Gasteiger partial charge on any atom is -0.472 e. The van der Waals surface area contributed by atoms with E-state index in [0.717, 1.165) is 12.8 Å². The van der Waals surface area contributed by atoms with Crippen molar-refractivity contribution in [1.82, 2.24) is 5.32 Å². The van der Waals surface area contributed by atoms with Gasteiger partial charge in [-0.1, -0.05) is 0 Å². The molecular formula is C11H14FNO2. The molecule has 4 heteroatoms. The number of nitrogens with one attached hydrogen (secondary N) is 1. The van der Waals surface area contributed by atoms with E-state index in [1.807, 2.05) is 0 Å². The van der Waals surface area contributed by atoms with Crippen LogP contribution in [0.5, 0.6) is 0 Å². The summed E-state index contributed by atoms with van der Waals surface area (Å²) in [6.45, 7) is 0. The summed E-state index contributed by atoms with van der Waals surface area (Å²) in [5, 5.41) is 2.81. The zero-order valence-corrected chi connectivity index (χ0v) is 8.41. The van der Waals surface area contributed by atoms with Gasteiger partial charge in [-0.05, 0) is 31.7 Å². The van der Waals surface area contributed by atoms with Crippen LogP contribution in [0.2, 0.25) is 0 Å². The van der Waals surface area contributed by atoms with Crippen LogP contribution in [0.4, 0.5) is 4.39 Å². The lowest BCUT2D eigenvalue weighted by molar-refractivity contribution is 0.0912. The number of amides is 1. The van der Waals surface area contributed by atoms with Crippen LogP contribution in [-0.4, -0.2) is 18.1 Å². The van der Waals surface area contributed by atoms with Crippen molar-refractivity contribution < 1.29 is 13.6 Å². The molecule has 1 saturated carbocycles. The molecule has 2 atom stereocenters. The standard InChI is InChI=1S/C11H14FNO2/c12-9-2-1-3-10(6-9)13-11(14)8-4-5-15-7-8/h4-5,7,9-10H,1-3,6H2,(H,13,14)/t9-,10-/m1/s1. The maximum atomic E-state index is 13.1. The quantitative estimate of drug-likeness (QED) is 0.815. The molecule has 1 fully saturated rings. The highest BCUT2D eigenvalue weighted by Crippen LogP contribution is 2.21. The van der Waals surface area contributed by atoms with Gasteiger partial charge in [-0.25, -0.2) is 4.39 Å². The minimum absolute atomic E-state index is 0.0313. The van der Waals surface area contributed by atoms with Crippen molar-refractivity contribution in [3.63, 3.8) is 0 Å². The summed E-state index contributed by atoms with van der Waals surface area (Å²) in [7, 11) is 0. The Labute approximate surface area is 87.7 Å². The Morgan fingerprint density at radius 1 is 1.53 bits per heavy atom. The van der Waals surface area contributed by atoms with Gasteiger partial charge in [-0.15, -0.1) is 0 Å². The van der Waals surface area contributed by atoms with Gasteiger partial charge in [0.25, 0.3) is 5.91 Å². The van der Waals surface area contributed by atoms with E-state index < -0.39 is 6.17 Å². The Balaban J connectivity index is 1.89. The van der Waals surface area contributed by atoms with Crippen molar-refractivity contribution in [3.8, 4) is 0 Å². The highest BCUT2D eigenvalue weighted by atomic mass is 19.1. The SMILES string of the molecule is O=C(N[C@@H]1CCC[C@@H](F)C1)c1ccoc1. The number of furan rings is 1. The Hall–Kier alpha value is -1.32. The third kappa shape index (κ3) is 2.58. The van der Waals surface area contributed by atoms with Crippen LogP contribution >= 0.6 is 0 Å². The van der Waals surface area contributed by atoms with Crippen molar-refractivity contribution in [2.75, 3.05) is 0 Å². The first kappa shape index (κ1) is 10.2. The first-order valence-corrected chi connectivity index (χ1v) is 5.23. The van der Waals surface area contributed by atoms with E-state index in [2.05, 4.69) is 5.32 Å². The predicted octanol–water partition coefficient (Wildman–Crippen LogP) is 2.29. The Bertz CT molecular complexity index is 323. The van der Waals surface area contributed by atoms with E-state index in [1.54, 1.807) is 6.07 Å². The van der Waals surface area contributed by atoms with Gasteiger partial charge in [0.05, 0.1) is 11.8 Å². The molecule has 1 aromatic heterocycles. The number of hydrogen-bond donors (Lipinski definition) is 1. The van der Waals surface area contributed by atoms with Crippen molar-refractivity contribution in [2.45, 2.75) is 37.9 Å². The Kier molecular flexibility index (Phi) is 3.04.